The van der Waals surface area contributed by atoms with Gasteiger partial charge in [0.05, 0.1) is 4.92 Å². The molecule has 0 spiro atoms. The number of hydrogen-bond acceptors (Lipinski definition) is 4. The van der Waals surface area contributed by atoms with Crippen LogP contribution in [0.2, 0.25) is 0 Å². The van der Waals surface area contributed by atoms with E-state index in [1.165, 1.54) is 4.68 Å². The largest absolute Gasteiger partial charge is 0.312 e. The molecule has 6 nitrogen and oxygen atoms in total. The van der Waals surface area contributed by atoms with Crippen LogP contribution in [0.4, 0.5) is 5.69 Å². The van der Waals surface area contributed by atoms with Crippen LogP contribution in [-0.2, 0) is 0 Å². The van der Waals surface area contributed by atoms with Gasteiger partial charge in [-0.1, -0.05) is 28.1 Å². The number of nitrogens with zero attached hydrogens (tertiary/aromatic N) is 3. The van der Waals surface area contributed by atoms with Gasteiger partial charge < -0.3 is 0 Å². The Balaban J connectivity index is 2.38. The van der Waals surface area contributed by atoms with E-state index in [4.69, 9.17) is 0 Å². The number of nitro groups is 1. The molecule has 0 amide bonds. The van der Waals surface area contributed by atoms with Gasteiger partial charge in [0.1, 0.15) is 17.4 Å². The summed E-state index contributed by atoms with van der Waals surface area (Å²) in [5, 5.41) is 15.2. The predicted octanol–water partition coefficient (Wildman–Crippen LogP) is 3.61. The highest BCUT2D eigenvalue weighted by Crippen LogP contribution is 2.26. The molecule has 0 saturated heterocycles. The topological polar surface area (TPSA) is 78.0 Å². The Morgan fingerprint density at radius 1 is 1.33 bits per heavy atom. The number of aromatic nitrogens is 2. The summed E-state index contributed by atoms with van der Waals surface area (Å²) in [5.41, 5.74) is 1.20. The quantitative estimate of drug-likeness (QED) is 0.478. The van der Waals surface area contributed by atoms with Gasteiger partial charge >= 0.3 is 5.69 Å². The average molecular weight is 352 g/mol. The molecule has 1 aromatic heterocycles. The van der Waals surface area contributed by atoms with Crippen LogP contribution in [0.25, 0.3) is 0 Å². The summed E-state index contributed by atoms with van der Waals surface area (Å²) in [6, 6.07) is 6.39. The van der Waals surface area contributed by atoms with Crippen molar-refractivity contribution in [3.05, 3.63) is 55.8 Å². The van der Waals surface area contributed by atoms with Crippen LogP contribution in [0.15, 0.2) is 28.7 Å². The Morgan fingerprint density at radius 3 is 2.38 bits per heavy atom. The molecule has 110 valence electrons. The molecule has 0 aliphatic rings. The number of benzene rings is 1. The lowest BCUT2D eigenvalue weighted by Gasteiger charge is -2.12. The Bertz CT molecular complexity index is 707. The van der Waals surface area contributed by atoms with E-state index in [-0.39, 0.29) is 11.5 Å². The molecule has 0 aliphatic heterocycles. The third-order valence-corrected chi connectivity index (χ3v) is 3.87. The molecule has 0 aliphatic carbocycles. The monoisotopic (exact) mass is 351 g/mol. The molecule has 0 bridgehead atoms. The van der Waals surface area contributed by atoms with Crippen LogP contribution in [0.5, 0.6) is 0 Å². The maximum Gasteiger partial charge on any atom is 0.312 e. The van der Waals surface area contributed by atoms with Crippen LogP contribution in [0.1, 0.15) is 34.7 Å². The fraction of sp³-hybridized carbons (Fsp3) is 0.286. The van der Waals surface area contributed by atoms with Crippen molar-refractivity contribution < 1.29 is 9.72 Å². The zero-order valence-electron chi connectivity index (χ0n) is 11.8. The molecule has 0 unspecified atom stereocenters. The van der Waals surface area contributed by atoms with Crippen molar-refractivity contribution >= 4 is 27.4 Å². The minimum Gasteiger partial charge on any atom is -0.292 e. The molecule has 21 heavy (non-hydrogen) atoms. The lowest BCUT2D eigenvalue weighted by atomic mass is 10.1. The number of Topliss-reactive ketones (excluding diaryl/α,β-unsaturated/α-hetero) is 1. The van der Waals surface area contributed by atoms with Crippen LogP contribution in [-0.4, -0.2) is 20.5 Å². The summed E-state index contributed by atoms with van der Waals surface area (Å²) in [5.74, 6) is -0.136. The molecule has 7 heteroatoms. The van der Waals surface area contributed by atoms with Crippen molar-refractivity contribution in [3.8, 4) is 0 Å². The van der Waals surface area contributed by atoms with E-state index in [0.29, 0.717) is 17.0 Å². The molecular formula is C14H14BrN3O3. The van der Waals surface area contributed by atoms with E-state index in [1.807, 2.05) is 0 Å². The Labute approximate surface area is 130 Å². The first-order chi connectivity index (χ1) is 9.82. The highest BCUT2D eigenvalue weighted by atomic mass is 79.9. The van der Waals surface area contributed by atoms with Gasteiger partial charge in [0.15, 0.2) is 5.78 Å². The minimum absolute atomic E-state index is 0.0366. The summed E-state index contributed by atoms with van der Waals surface area (Å²) in [4.78, 5) is 23.0. The standard InChI is InChI=1S/C14H14BrN3O3/c1-8-13(18(20)21)9(2)17(16-8)10(3)14(19)11-4-6-12(15)7-5-11/h4-7,10H,1-3H3/t10-/m1/s1. The Kier molecular flexibility index (Phi) is 4.22. The summed E-state index contributed by atoms with van der Waals surface area (Å²) < 4.78 is 2.30. The number of halogens is 1. The fourth-order valence-electron chi connectivity index (χ4n) is 2.26. The second kappa shape index (κ2) is 5.77. The maximum absolute atomic E-state index is 12.5. The molecule has 1 atom stereocenters. The van der Waals surface area contributed by atoms with E-state index in [2.05, 4.69) is 21.0 Å². The van der Waals surface area contributed by atoms with Gasteiger partial charge in [0, 0.05) is 10.0 Å². The highest BCUT2D eigenvalue weighted by molar-refractivity contribution is 9.10. The van der Waals surface area contributed by atoms with Crippen LogP contribution >= 0.6 is 15.9 Å². The van der Waals surface area contributed by atoms with Crippen molar-refractivity contribution in [2.24, 2.45) is 0 Å². The Hall–Kier alpha value is -2.02. The van der Waals surface area contributed by atoms with Gasteiger partial charge in [-0.05, 0) is 32.9 Å². The molecule has 1 aromatic carbocycles. The van der Waals surface area contributed by atoms with Gasteiger partial charge in [-0.15, -0.1) is 0 Å². The van der Waals surface area contributed by atoms with Crippen molar-refractivity contribution in [3.63, 3.8) is 0 Å². The van der Waals surface area contributed by atoms with E-state index in [1.54, 1.807) is 45.0 Å². The number of hydrogen-bond donors (Lipinski definition) is 0. The fourth-order valence-corrected chi connectivity index (χ4v) is 2.53. The van der Waals surface area contributed by atoms with Gasteiger partial charge in [-0.25, -0.2) is 0 Å². The van der Waals surface area contributed by atoms with Crippen molar-refractivity contribution in [2.75, 3.05) is 0 Å². The molecule has 0 radical (unpaired) electrons. The normalized spacial score (nSPS) is 12.2. The van der Waals surface area contributed by atoms with Gasteiger partial charge in [-0.3, -0.25) is 19.6 Å². The van der Waals surface area contributed by atoms with Crippen molar-refractivity contribution in [1.82, 2.24) is 9.78 Å². The number of aryl methyl sites for hydroxylation is 1. The van der Waals surface area contributed by atoms with Crippen LogP contribution in [0.3, 0.4) is 0 Å². The van der Waals surface area contributed by atoms with Gasteiger partial charge in [0.25, 0.3) is 0 Å². The number of carbonyl (C=O) groups is 1. The molecule has 1 heterocycles. The van der Waals surface area contributed by atoms with Gasteiger partial charge in [-0.2, -0.15) is 5.10 Å². The third kappa shape index (κ3) is 2.87. The van der Waals surface area contributed by atoms with Crippen LogP contribution in [0, 0.1) is 24.0 Å². The first-order valence-electron chi connectivity index (χ1n) is 6.32. The highest BCUT2D eigenvalue weighted by Gasteiger charge is 2.27. The molecule has 0 saturated carbocycles. The predicted molar refractivity (Wildman–Crippen MR) is 81.5 cm³/mol. The van der Waals surface area contributed by atoms with Crippen molar-refractivity contribution in [2.45, 2.75) is 26.8 Å². The average Bonchev–Trinajstić information content (AvgIpc) is 2.73. The molecular weight excluding hydrogens is 338 g/mol. The minimum atomic E-state index is -0.599. The zero-order chi connectivity index (χ0) is 15.7. The first kappa shape index (κ1) is 15.4. The zero-order valence-corrected chi connectivity index (χ0v) is 13.4. The first-order valence-corrected chi connectivity index (χ1v) is 7.12. The summed E-state index contributed by atoms with van der Waals surface area (Å²) in [6.07, 6.45) is 0. The second-order valence-corrected chi connectivity index (χ2v) is 5.68. The summed E-state index contributed by atoms with van der Waals surface area (Å²) in [7, 11) is 0. The summed E-state index contributed by atoms with van der Waals surface area (Å²) >= 11 is 3.31. The number of ketones is 1. The van der Waals surface area contributed by atoms with E-state index >= 15 is 0 Å². The molecule has 2 rings (SSSR count). The second-order valence-electron chi connectivity index (χ2n) is 4.77. The third-order valence-electron chi connectivity index (χ3n) is 3.34. The molecule has 2 aromatic rings. The molecule has 0 N–H and O–H groups in total. The SMILES string of the molecule is Cc1nn([C@H](C)C(=O)c2ccc(Br)cc2)c(C)c1[N+](=O)[O-]. The van der Waals surface area contributed by atoms with Gasteiger partial charge in [0.2, 0.25) is 0 Å². The number of carbonyl (C=O) groups excluding carboxylic acids is 1. The number of rotatable bonds is 4. The molecule has 0 fully saturated rings. The lowest BCUT2D eigenvalue weighted by molar-refractivity contribution is -0.386. The maximum atomic E-state index is 12.5. The van der Waals surface area contributed by atoms with E-state index in [9.17, 15) is 14.9 Å². The summed E-state index contributed by atoms with van der Waals surface area (Å²) in [6.45, 7) is 4.86. The van der Waals surface area contributed by atoms with E-state index < -0.39 is 11.0 Å². The van der Waals surface area contributed by atoms with Crippen molar-refractivity contribution in [1.29, 1.82) is 0 Å². The Morgan fingerprint density at radius 2 is 1.90 bits per heavy atom. The van der Waals surface area contributed by atoms with E-state index in [0.717, 1.165) is 4.47 Å². The smallest absolute Gasteiger partial charge is 0.292 e. The lowest BCUT2D eigenvalue weighted by Crippen LogP contribution is -2.19. The van der Waals surface area contributed by atoms with Crippen LogP contribution < -0.4 is 0 Å².